The van der Waals surface area contributed by atoms with Gasteiger partial charge < -0.3 is 5.11 Å². The zero-order valence-electron chi connectivity index (χ0n) is 18.2. The van der Waals surface area contributed by atoms with Gasteiger partial charge in [0.05, 0.1) is 4.90 Å². The summed E-state index contributed by atoms with van der Waals surface area (Å²) in [5.41, 5.74) is 1.33. The maximum atomic E-state index is 13.1. The number of benzene rings is 2. The number of hydrogen-bond donors (Lipinski definition) is 1. The van der Waals surface area contributed by atoms with Crippen molar-refractivity contribution in [2.45, 2.75) is 57.3 Å². The van der Waals surface area contributed by atoms with E-state index in [0.717, 1.165) is 0 Å². The summed E-state index contributed by atoms with van der Waals surface area (Å²) in [4.78, 5) is -0.484. The third-order valence-electron chi connectivity index (χ3n) is 4.78. The van der Waals surface area contributed by atoms with Gasteiger partial charge in [0.1, 0.15) is 16.7 Å². The van der Waals surface area contributed by atoms with Crippen molar-refractivity contribution in [3.63, 3.8) is 0 Å². The van der Waals surface area contributed by atoms with Crippen LogP contribution in [0.5, 0.6) is 5.75 Å². The SMILES string of the molecule is C#Cc1ccccc1S(=O)(=O)C(C#N)=Cc1cc(C(C)(C)C)c(O)c(C(C)(C)C)c1. The van der Waals surface area contributed by atoms with E-state index in [-0.39, 0.29) is 27.0 Å². The van der Waals surface area contributed by atoms with E-state index in [0.29, 0.717) is 16.7 Å². The number of hydrogen-bond acceptors (Lipinski definition) is 4. The van der Waals surface area contributed by atoms with Crippen molar-refractivity contribution >= 4 is 15.9 Å². The molecular weight excluding hydrogens is 394 g/mol. The molecule has 2 rings (SSSR count). The first-order valence-electron chi connectivity index (χ1n) is 9.54. The van der Waals surface area contributed by atoms with Gasteiger partial charge in [-0.25, -0.2) is 8.42 Å². The molecular formula is C25H27NO3S. The summed E-state index contributed by atoms with van der Waals surface area (Å²) in [5.74, 6) is 2.55. The van der Waals surface area contributed by atoms with E-state index < -0.39 is 14.7 Å². The topological polar surface area (TPSA) is 78.2 Å². The Labute approximate surface area is 179 Å². The molecule has 0 aromatic heterocycles. The Balaban J connectivity index is 2.80. The lowest BCUT2D eigenvalue weighted by Gasteiger charge is -2.28. The summed E-state index contributed by atoms with van der Waals surface area (Å²) >= 11 is 0. The predicted molar refractivity (Wildman–Crippen MR) is 121 cm³/mol. The maximum absolute atomic E-state index is 13.1. The highest BCUT2D eigenvalue weighted by Crippen LogP contribution is 2.40. The molecule has 0 aliphatic carbocycles. The molecule has 5 heteroatoms. The molecule has 0 saturated heterocycles. The molecule has 1 N–H and O–H groups in total. The number of allylic oxidation sites excluding steroid dienone is 1. The first kappa shape index (κ1) is 23.3. The van der Waals surface area contributed by atoms with E-state index in [1.54, 1.807) is 24.3 Å². The van der Waals surface area contributed by atoms with Crippen molar-refractivity contribution in [1.82, 2.24) is 0 Å². The first-order chi connectivity index (χ1) is 13.7. The second-order valence-corrected chi connectivity index (χ2v) is 11.1. The van der Waals surface area contributed by atoms with E-state index in [1.807, 2.05) is 47.6 Å². The highest BCUT2D eigenvalue weighted by Gasteiger charge is 2.28. The molecule has 0 unspecified atom stereocenters. The molecule has 0 bridgehead atoms. The summed E-state index contributed by atoms with van der Waals surface area (Å²) in [6.45, 7) is 11.8. The van der Waals surface area contributed by atoms with Crippen LogP contribution in [-0.2, 0) is 20.7 Å². The Kier molecular flexibility index (Phi) is 6.21. The molecule has 0 fully saturated rings. The molecule has 0 heterocycles. The molecule has 0 spiro atoms. The van der Waals surface area contributed by atoms with E-state index in [9.17, 15) is 18.8 Å². The lowest BCUT2D eigenvalue weighted by molar-refractivity contribution is 0.423. The number of phenols is 1. The van der Waals surface area contributed by atoms with Crippen molar-refractivity contribution in [2.24, 2.45) is 0 Å². The van der Waals surface area contributed by atoms with E-state index >= 15 is 0 Å². The van der Waals surface area contributed by atoms with Gasteiger partial charge in [-0.15, -0.1) is 6.42 Å². The Morgan fingerprint density at radius 1 is 1.03 bits per heavy atom. The van der Waals surface area contributed by atoms with Crippen molar-refractivity contribution < 1.29 is 13.5 Å². The van der Waals surface area contributed by atoms with Gasteiger partial charge in [0.2, 0.25) is 9.84 Å². The molecule has 0 atom stereocenters. The smallest absolute Gasteiger partial charge is 0.217 e. The van der Waals surface area contributed by atoms with Gasteiger partial charge in [-0.3, -0.25) is 0 Å². The molecule has 2 aromatic carbocycles. The normalized spacial score (nSPS) is 12.9. The number of rotatable bonds is 3. The van der Waals surface area contributed by atoms with Crippen molar-refractivity contribution in [3.05, 3.63) is 63.6 Å². The number of aromatic hydroxyl groups is 1. The number of nitriles is 1. The molecule has 0 aliphatic rings. The number of sulfone groups is 1. The van der Waals surface area contributed by atoms with Crippen LogP contribution < -0.4 is 0 Å². The van der Waals surface area contributed by atoms with Crippen LogP contribution in [0.15, 0.2) is 46.2 Å². The van der Waals surface area contributed by atoms with Gasteiger partial charge in [0, 0.05) is 16.7 Å². The Morgan fingerprint density at radius 2 is 1.53 bits per heavy atom. The number of terminal acetylenes is 1. The minimum atomic E-state index is -4.10. The van der Waals surface area contributed by atoms with Crippen LogP contribution in [-0.4, -0.2) is 13.5 Å². The summed E-state index contributed by atoms with van der Waals surface area (Å²) in [5, 5.41) is 20.5. The van der Waals surface area contributed by atoms with Crippen molar-refractivity contribution in [1.29, 1.82) is 5.26 Å². The van der Waals surface area contributed by atoms with Gasteiger partial charge >= 0.3 is 0 Å². The second kappa shape index (κ2) is 8.01. The van der Waals surface area contributed by atoms with E-state index in [1.165, 1.54) is 18.2 Å². The first-order valence-corrected chi connectivity index (χ1v) is 11.0. The molecule has 0 amide bonds. The Bertz CT molecular complexity index is 1160. The zero-order valence-corrected chi connectivity index (χ0v) is 19.1. The third kappa shape index (κ3) is 4.58. The molecule has 0 radical (unpaired) electrons. The second-order valence-electron chi connectivity index (χ2n) is 9.23. The fourth-order valence-corrected chi connectivity index (χ4v) is 4.47. The quantitative estimate of drug-likeness (QED) is 0.538. The lowest BCUT2D eigenvalue weighted by Crippen LogP contribution is -2.17. The Hall–Kier alpha value is -3.02. The lowest BCUT2D eigenvalue weighted by atomic mass is 9.78. The largest absolute Gasteiger partial charge is 0.507 e. The maximum Gasteiger partial charge on any atom is 0.217 e. The monoisotopic (exact) mass is 421 g/mol. The zero-order chi connectivity index (χ0) is 22.9. The minimum Gasteiger partial charge on any atom is -0.507 e. The van der Waals surface area contributed by atoms with Gasteiger partial charge in [0.25, 0.3) is 0 Å². The highest BCUT2D eigenvalue weighted by molar-refractivity contribution is 7.95. The van der Waals surface area contributed by atoms with Crippen LogP contribution in [0.2, 0.25) is 0 Å². The van der Waals surface area contributed by atoms with E-state index in [2.05, 4.69) is 5.92 Å². The molecule has 2 aromatic rings. The van der Waals surface area contributed by atoms with Gasteiger partial charge in [-0.2, -0.15) is 5.26 Å². The van der Waals surface area contributed by atoms with E-state index in [4.69, 9.17) is 6.42 Å². The van der Waals surface area contributed by atoms with Gasteiger partial charge in [0.15, 0.2) is 0 Å². The summed E-state index contributed by atoms with van der Waals surface area (Å²) in [6, 6.07) is 11.4. The third-order valence-corrected chi connectivity index (χ3v) is 6.50. The number of phenolic OH excluding ortho intramolecular Hbond substituents is 1. The predicted octanol–water partition coefficient (Wildman–Crippen LogP) is 5.31. The Morgan fingerprint density at radius 3 is 1.97 bits per heavy atom. The fourth-order valence-electron chi connectivity index (χ4n) is 3.14. The van der Waals surface area contributed by atoms with Crippen LogP contribution in [0.3, 0.4) is 0 Å². The van der Waals surface area contributed by atoms with Gasteiger partial charge in [-0.1, -0.05) is 59.6 Å². The van der Waals surface area contributed by atoms with Crippen LogP contribution in [0, 0.1) is 23.7 Å². The fraction of sp³-hybridized carbons (Fsp3) is 0.320. The van der Waals surface area contributed by atoms with Crippen LogP contribution in [0.25, 0.3) is 6.08 Å². The standard InChI is InChI=1S/C25H27NO3S/c1-8-18-11-9-10-12-22(18)30(28,29)19(16-26)13-17-14-20(24(2,3)4)23(27)21(15-17)25(5,6)7/h1,9-15,27H,2-7H3. The average Bonchev–Trinajstić information content (AvgIpc) is 2.64. The minimum absolute atomic E-state index is 0.0776. The highest BCUT2D eigenvalue weighted by atomic mass is 32.2. The summed E-state index contributed by atoms with van der Waals surface area (Å²) in [7, 11) is -4.10. The van der Waals surface area contributed by atoms with Crippen molar-refractivity contribution in [2.75, 3.05) is 0 Å². The van der Waals surface area contributed by atoms with Crippen LogP contribution >= 0.6 is 0 Å². The molecule has 4 nitrogen and oxygen atoms in total. The summed E-state index contributed by atoms with van der Waals surface area (Å²) in [6.07, 6.45) is 6.79. The molecule has 30 heavy (non-hydrogen) atoms. The molecule has 0 aliphatic heterocycles. The number of nitrogens with zero attached hydrogens (tertiary/aromatic N) is 1. The summed E-state index contributed by atoms with van der Waals surface area (Å²) < 4.78 is 26.3. The average molecular weight is 422 g/mol. The van der Waals surface area contributed by atoms with Crippen LogP contribution in [0.4, 0.5) is 0 Å². The van der Waals surface area contributed by atoms with Crippen LogP contribution in [0.1, 0.15) is 63.8 Å². The van der Waals surface area contributed by atoms with Crippen molar-refractivity contribution in [3.8, 4) is 24.2 Å². The van der Waals surface area contributed by atoms with Gasteiger partial charge in [-0.05, 0) is 46.7 Å². The molecule has 156 valence electrons. The molecule has 0 saturated carbocycles.